The molecule has 0 amide bonds. The molecule has 1 aromatic heterocycles. The normalized spacial score (nSPS) is 17.0. The monoisotopic (exact) mass is 524 g/mol. The van der Waals surface area contributed by atoms with E-state index in [4.69, 9.17) is 4.98 Å². The van der Waals surface area contributed by atoms with E-state index in [1.54, 1.807) is 0 Å². The number of likely N-dealkylation sites (N-methyl/N-ethyl adjacent to an activating group) is 1. The van der Waals surface area contributed by atoms with Crippen molar-refractivity contribution >= 4 is 59.4 Å². The molecule has 0 bridgehead atoms. The molecule has 2 saturated heterocycles. The van der Waals surface area contributed by atoms with Gasteiger partial charge in [-0.25, -0.2) is 0 Å². The van der Waals surface area contributed by atoms with E-state index in [-0.39, 0.29) is 43.3 Å². The third kappa shape index (κ3) is 6.07. The number of fused-ring (bicyclic) bond motifs is 1. The molecule has 5 rings (SSSR count). The summed E-state index contributed by atoms with van der Waals surface area (Å²) >= 11 is 0. The Labute approximate surface area is 221 Å². The zero-order valence-electron chi connectivity index (χ0n) is 19.6. The van der Waals surface area contributed by atoms with Crippen LogP contribution < -0.4 is 9.80 Å². The van der Waals surface area contributed by atoms with Crippen LogP contribution in [0.2, 0.25) is 0 Å². The number of pyridine rings is 1. The highest BCUT2D eigenvalue weighted by Gasteiger charge is 2.23. The predicted molar refractivity (Wildman–Crippen MR) is 151 cm³/mol. The highest BCUT2D eigenvalue weighted by Crippen LogP contribution is 2.36. The van der Waals surface area contributed by atoms with Crippen LogP contribution in [0.4, 0.5) is 11.4 Å². The van der Waals surface area contributed by atoms with Gasteiger partial charge in [0, 0.05) is 67.8 Å². The zero-order chi connectivity index (χ0) is 21.2. The van der Waals surface area contributed by atoms with Crippen LogP contribution in [0.25, 0.3) is 22.0 Å². The molecule has 2 aliphatic heterocycles. The number of aliphatic hydroxyl groups is 1. The molecule has 0 atom stereocenters. The number of aliphatic hydroxyl groups excluding tert-OH is 1. The first kappa shape index (κ1) is 28.5. The van der Waals surface area contributed by atoms with Crippen LogP contribution in [-0.4, -0.2) is 66.9 Å². The highest BCUT2D eigenvalue weighted by atomic mass is 35.5. The van der Waals surface area contributed by atoms with Gasteiger partial charge in [-0.1, -0.05) is 31.2 Å². The largest absolute Gasteiger partial charge is 0.393 e. The van der Waals surface area contributed by atoms with Gasteiger partial charge in [-0.15, -0.1) is 37.2 Å². The van der Waals surface area contributed by atoms with Crippen molar-refractivity contribution in [1.29, 1.82) is 0 Å². The van der Waals surface area contributed by atoms with Gasteiger partial charge in [0.1, 0.15) is 0 Å². The van der Waals surface area contributed by atoms with E-state index in [1.165, 1.54) is 27.7 Å². The average molecular weight is 526 g/mol. The van der Waals surface area contributed by atoms with E-state index < -0.39 is 0 Å². The molecule has 0 unspecified atom stereocenters. The number of benzene rings is 2. The van der Waals surface area contributed by atoms with Crippen molar-refractivity contribution in [3.8, 4) is 11.3 Å². The minimum atomic E-state index is -0.154. The molecule has 2 aliphatic rings. The quantitative estimate of drug-likeness (QED) is 0.503. The molecule has 2 aromatic carbocycles. The molecule has 0 aliphatic carbocycles. The minimum absolute atomic E-state index is 0. The van der Waals surface area contributed by atoms with E-state index in [9.17, 15) is 5.11 Å². The van der Waals surface area contributed by atoms with Gasteiger partial charge >= 0.3 is 0 Å². The van der Waals surface area contributed by atoms with Crippen molar-refractivity contribution in [2.75, 3.05) is 55.6 Å². The van der Waals surface area contributed by atoms with Gasteiger partial charge in [0.05, 0.1) is 11.8 Å². The zero-order valence-corrected chi connectivity index (χ0v) is 22.0. The Morgan fingerprint density at radius 1 is 0.824 bits per heavy atom. The Hall–Kier alpha value is -1.76. The number of aromatic nitrogens is 1. The first-order valence-corrected chi connectivity index (χ1v) is 11.6. The fraction of sp³-hybridized carbons (Fsp3) is 0.423. The van der Waals surface area contributed by atoms with E-state index in [2.05, 4.69) is 70.2 Å². The summed E-state index contributed by atoms with van der Waals surface area (Å²) in [5, 5.41) is 12.3. The van der Waals surface area contributed by atoms with Crippen LogP contribution >= 0.6 is 37.2 Å². The smallest absolute Gasteiger partial charge is 0.0729 e. The van der Waals surface area contributed by atoms with E-state index in [0.717, 1.165) is 64.3 Å². The second-order valence-electron chi connectivity index (χ2n) is 8.76. The summed E-state index contributed by atoms with van der Waals surface area (Å²) < 4.78 is 0. The highest BCUT2D eigenvalue weighted by molar-refractivity contribution is 5.88. The van der Waals surface area contributed by atoms with Crippen LogP contribution in [0.5, 0.6) is 0 Å². The maximum absolute atomic E-state index is 9.91. The number of nitrogens with zero attached hydrogens (tertiary/aromatic N) is 4. The van der Waals surface area contributed by atoms with Crippen LogP contribution in [0.1, 0.15) is 19.8 Å². The van der Waals surface area contributed by atoms with Crippen LogP contribution in [0.3, 0.4) is 0 Å². The summed E-state index contributed by atoms with van der Waals surface area (Å²) in [4.78, 5) is 12.3. The number of piperidine rings is 1. The van der Waals surface area contributed by atoms with Crippen LogP contribution in [-0.2, 0) is 0 Å². The second-order valence-corrected chi connectivity index (χ2v) is 8.76. The van der Waals surface area contributed by atoms with Gasteiger partial charge < -0.3 is 19.8 Å². The first-order chi connectivity index (χ1) is 15.2. The number of halogens is 3. The number of hydrogen-bond acceptors (Lipinski definition) is 5. The Balaban J connectivity index is 0.00000136. The summed E-state index contributed by atoms with van der Waals surface area (Å²) in [5.74, 6) is 0. The van der Waals surface area contributed by atoms with Gasteiger partial charge in [0.2, 0.25) is 0 Å². The van der Waals surface area contributed by atoms with Crippen molar-refractivity contribution in [1.82, 2.24) is 9.88 Å². The minimum Gasteiger partial charge on any atom is -0.393 e. The number of anilines is 2. The molecule has 34 heavy (non-hydrogen) atoms. The number of rotatable bonds is 4. The third-order valence-electron chi connectivity index (χ3n) is 6.88. The Bertz CT molecular complexity index is 1050. The second kappa shape index (κ2) is 12.8. The molecule has 8 heteroatoms. The Morgan fingerprint density at radius 2 is 1.50 bits per heavy atom. The Morgan fingerprint density at radius 3 is 2.18 bits per heavy atom. The summed E-state index contributed by atoms with van der Waals surface area (Å²) in [5.41, 5.74) is 4.77. The molecule has 186 valence electrons. The van der Waals surface area contributed by atoms with E-state index in [0.29, 0.717) is 0 Å². The molecule has 5 nitrogen and oxygen atoms in total. The summed E-state index contributed by atoms with van der Waals surface area (Å²) in [6.07, 6.45) is 3.53. The molecule has 0 radical (unpaired) electrons. The lowest BCUT2D eigenvalue weighted by Crippen LogP contribution is -2.46. The maximum Gasteiger partial charge on any atom is 0.0729 e. The summed E-state index contributed by atoms with van der Waals surface area (Å²) in [6, 6.07) is 17.5. The van der Waals surface area contributed by atoms with Gasteiger partial charge in [-0.2, -0.15) is 0 Å². The lowest BCUT2D eigenvalue weighted by molar-refractivity contribution is 0.145. The standard InChI is InChI=1S/C26H32N4O.3ClH/c1-2-28-13-15-30(16-14-28)26-18-22(29-11-9-23(31)10-12-29)7-8-24(26)25-17-20-5-3-4-6-21(20)19-27-25;;;/h3-8,17-19,23,31H,2,9-16H2,1H3;3*1H. The third-order valence-corrected chi connectivity index (χ3v) is 6.88. The first-order valence-electron chi connectivity index (χ1n) is 11.6. The van der Waals surface area contributed by atoms with Gasteiger partial charge in [-0.3, -0.25) is 4.98 Å². The molecule has 0 spiro atoms. The van der Waals surface area contributed by atoms with Crippen molar-refractivity contribution in [2.45, 2.75) is 25.9 Å². The molecule has 1 N–H and O–H groups in total. The molecule has 3 heterocycles. The molecule has 2 fully saturated rings. The van der Waals surface area contributed by atoms with Crippen molar-refractivity contribution in [3.63, 3.8) is 0 Å². The fourth-order valence-electron chi connectivity index (χ4n) is 4.85. The van der Waals surface area contributed by atoms with Gasteiger partial charge in [0.25, 0.3) is 0 Å². The summed E-state index contributed by atoms with van der Waals surface area (Å²) in [7, 11) is 0. The molecular formula is C26H35Cl3N4O. The maximum atomic E-state index is 9.91. The van der Waals surface area contributed by atoms with E-state index in [1.807, 2.05) is 6.20 Å². The lowest BCUT2D eigenvalue weighted by atomic mass is 10.0. The Kier molecular flexibility index (Phi) is 10.7. The topological polar surface area (TPSA) is 42.8 Å². The summed E-state index contributed by atoms with van der Waals surface area (Å²) in [6.45, 7) is 9.46. The van der Waals surface area contributed by atoms with Gasteiger partial charge in [0.15, 0.2) is 0 Å². The molecular weight excluding hydrogens is 491 g/mol. The van der Waals surface area contributed by atoms with Crippen molar-refractivity contribution < 1.29 is 5.11 Å². The molecule has 0 saturated carbocycles. The lowest BCUT2D eigenvalue weighted by Gasteiger charge is -2.37. The van der Waals surface area contributed by atoms with E-state index >= 15 is 0 Å². The average Bonchev–Trinajstić information content (AvgIpc) is 2.84. The van der Waals surface area contributed by atoms with Crippen molar-refractivity contribution in [2.24, 2.45) is 0 Å². The predicted octanol–water partition coefficient (Wildman–Crippen LogP) is 5.27. The SMILES string of the molecule is CCN1CCN(c2cc(N3CCC(O)CC3)ccc2-c2cc3ccccc3cn2)CC1.Cl.Cl.Cl. The molecule has 3 aromatic rings. The number of piperazine rings is 1. The number of hydrogen-bond donors (Lipinski definition) is 1. The van der Waals surface area contributed by atoms with Gasteiger partial charge in [-0.05, 0) is 49.0 Å². The fourth-order valence-corrected chi connectivity index (χ4v) is 4.85. The van der Waals surface area contributed by atoms with Crippen molar-refractivity contribution in [3.05, 3.63) is 54.7 Å². The van der Waals surface area contributed by atoms with Crippen LogP contribution in [0, 0.1) is 0 Å². The van der Waals surface area contributed by atoms with Crippen LogP contribution in [0.15, 0.2) is 54.7 Å².